The topological polar surface area (TPSA) is 21.7 Å². The van der Waals surface area contributed by atoms with Gasteiger partial charge in [0, 0.05) is 6.54 Å². The van der Waals surface area contributed by atoms with E-state index in [4.69, 9.17) is 9.47 Å². The molecule has 0 saturated heterocycles. The predicted molar refractivity (Wildman–Crippen MR) is 61.2 cm³/mol. The molecule has 1 aromatic rings. The first-order chi connectivity index (χ1) is 7.22. The molecule has 0 radical (unpaired) electrons. The lowest BCUT2D eigenvalue weighted by molar-refractivity contribution is 0.105. The highest BCUT2D eigenvalue weighted by Crippen LogP contribution is 2.11. The Labute approximate surface area is 91.6 Å². The van der Waals surface area contributed by atoms with Crippen LogP contribution in [0.4, 0.5) is 0 Å². The molecule has 0 amide bonds. The van der Waals surface area contributed by atoms with Crippen LogP contribution in [0.5, 0.6) is 5.75 Å². The van der Waals surface area contributed by atoms with Crippen LogP contribution in [-0.2, 0) is 11.3 Å². The van der Waals surface area contributed by atoms with E-state index in [-0.39, 0.29) is 0 Å². The van der Waals surface area contributed by atoms with Gasteiger partial charge in [-0.25, -0.2) is 0 Å². The molecule has 84 valence electrons. The van der Waals surface area contributed by atoms with Gasteiger partial charge in [0.15, 0.2) is 0 Å². The van der Waals surface area contributed by atoms with E-state index in [0.29, 0.717) is 6.61 Å². The van der Waals surface area contributed by atoms with Crippen LogP contribution in [0.1, 0.15) is 5.56 Å². The summed E-state index contributed by atoms with van der Waals surface area (Å²) in [7, 11) is 5.75. The molecule has 0 aliphatic heterocycles. The summed E-state index contributed by atoms with van der Waals surface area (Å²) in [6, 6.07) is 7.94. The molecular weight excluding hydrogens is 190 g/mol. The molecule has 1 aromatic carbocycles. The summed E-state index contributed by atoms with van der Waals surface area (Å²) in [4.78, 5) is 2.11. The standard InChI is InChI=1S/C12H19NO2/c1-13(2)8-9-15-10-11-4-6-12(14-3)7-5-11/h4-7H,8-10H2,1-3H3. The highest BCUT2D eigenvalue weighted by Gasteiger charge is 1.95. The second-order valence-electron chi connectivity index (χ2n) is 3.70. The number of methoxy groups -OCH3 is 1. The van der Waals surface area contributed by atoms with Crippen molar-refractivity contribution in [3.63, 3.8) is 0 Å². The molecule has 0 saturated carbocycles. The number of benzene rings is 1. The van der Waals surface area contributed by atoms with Gasteiger partial charge in [0.05, 0.1) is 20.3 Å². The Morgan fingerprint density at radius 1 is 1.13 bits per heavy atom. The molecule has 15 heavy (non-hydrogen) atoms. The minimum Gasteiger partial charge on any atom is -0.497 e. The molecular formula is C12H19NO2. The molecule has 0 aliphatic rings. The fraction of sp³-hybridized carbons (Fsp3) is 0.500. The Morgan fingerprint density at radius 3 is 2.33 bits per heavy atom. The third-order valence-corrected chi connectivity index (χ3v) is 2.11. The Kier molecular flexibility index (Phi) is 5.15. The fourth-order valence-corrected chi connectivity index (χ4v) is 1.16. The van der Waals surface area contributed by atoms with Crippen molar-refractivity contribution in [3.8, 4) is 5.75 Å². The summed E-state index contributed by atoms with van der Waals surface area (Å²) < 4.78 is 10.6. The maximum atomic E-state index is 5.52. The summed E-state index contributed by atoms with van der Waals surface area (Å²) in [5.74, 6) is 0.882. The van der Waals surface area contributed by atoms with Gasteiger partial charge in [0.2, 0.25) is 0 Å². The van der Waals surface area contributed by atoms with Crippen LogP contribution in [0, 0.1) is 0 Å². The van der Waals surface area contributed by atoms with Gasteiger partial charge >= 0.3 is 0 Å². The molecule has 0 atom stereocenters. The number of hydrogen-bond donors (Lipinski definition) is 0. The third-order valence-electron chi connectivity index (χ3n) is 2.11. The Bertz CT molecular complexity index is 269. The largest absolute Gasteiger partial charge is 0.497 e. The van der Waals surface area contributed by atoms with Crippen LogP contribution in [0.25, 0.3) is 0 Å². The Morgan fingerprint density at radius 2 is 1.80 bits per heavy atom. The van der Waals surface area contributed by atoms with Crippen LogP contribution in [-0.4, -0.2) is 39.3 Å². The summed E-state index contributed by atoms with van der Waals surface area (Å²) in [6.07, 6.45) is 0. The first kappa shape index (κ1) is 12.0. The second kappa shape index (κ2) is 6.43. The maximum Gasteiger partial charge on any atom is 0.118 e. The Hall–Kier alpha value is -1.06. The van der Waals surface area contributed by atoms with E-state index in [0.717, 1.165) is 18.9 Å². The predicted octanol–water partition coefficient (Wildman–Crippen LogP) is 1.77. The van der Waals surface area contributed by atoms with Crippen LogP contribution in [0.15, 0.2) is 24.3 Å². The molecule has 0 unspecified atom stereocenters. The Balaban J connectivity index is 2.25. The molecule has 0 bridgehead atoms. The monoisotopic (exact) mass is 209 g/mol. The average molecular weight is 209 g/mol. The number of hydrogen-bond acceptors (Lipinski definition) is 3. The second-order valence-corrected chi connectivity index (χ2v) is 3.70. The van der Waals surface area contributed by atoms with E-state index < -0.39 is 0 Å². The minimum absolute atomic E-state index is 0.665. The summed E-state index contributed by atoms with van der Waals surface area (Å²) in [5.41, 5.74) is 1.18. The van der Waals surface area contributed by atoms with Gasteiger partial charge in [0.1, 0.15) is 5.75 Å². The van der Waals surface area contributed by atoms with Gasteiger partial charge in [-0.05, 0) is 31.8 Å². The molecule has 1 rings (SSSR count). The van der Waals surface area contributed by atoms with Crippen molar-refractivity contribution in [2.75, 3.05) is 34.4 Å². The minimum atomic E-state index is 0.665. The molecule has 0 N–H and O–H groups in total. The number of ether oxygens (including phenoxy) is 2. The zero-order chi connectivity index (χ0) is 11.1. The molecule has 0 fully saturated rings. The molecule has 0 aliphatic carbocycles. The smallest absolute Gasteiger partial charge is 0.118 e. The van der Waals surface area contributed by atoms with Crippen molar-refractivity contribution < 1.29 is 9.47 Å². The first-order valence-corrected chi connectivity index (χ1v) is 5.08. The highest BCUT2D eigenvalue weighted by atomic mass is 16.5. The van der Waals surface area contributed by atoms with E-state index in [1.807, 2.05) is 38.4 Å². The van der Waals surface area contributed by atoms with Gasteiger partial charge in [-0.15, -0.1) is 0 Å². The average Bonchev–Trinajstić information content (AvgIpc) is 2.25. The van der Waals surface area contributed by atoms with Crippen molar-refractivity contribution in [3.05, 3.63) is 29.8 Å². The SMILES string of the molecule is COc1ccc(COCCN(C)C)cc1. The van der Waals surface area contributed by atoms with Crippen molar-refractivity contribution in [2.24, 2.45) is 0 Å². The van der Waals surface area contributed by atoms with E-state index >= 15 is 0 Å². The van der Waals surface area contributed by atoms with Crippen LogP contribution in [0.3, 0.4) is 0 Å². The molecule has 0 heterocycles. The van der Waals surface area contributed by atoms with Crippen molar-refractivity contribution in [2.45, 2.75) is 6.61 Å². The lowest BCUT2D eigenvalue weighted by Crippen LogP contribution is -2.17. The van der Waals surface area contributed by atoms with Crippen LogP contribution >= 0.6 is 0 Å². The number of rotatable bonds is 6. The quantitative estimate of drug-likeness (QED) is 0.666. The van der Waals surface area contributed by atoms with Crippen molar-refractivity contribution in [1.29, 1.82) is 0 Å². The molecule has 3 nitrogen and oxygen atoms in total. The van der Waals surface area contributed by atoms with E-state index in [1.165, 1.54) is 5.56 Å². The number of nitrogens with zero attached hydrogens (tertiary/aromatic N) is 1. The normalized spacial score (nSPS) is 10.7. The fourth-order valence-electron chi connectivity index (χ4n) is 1.16. The van der Waals surface area contributed by atoms with Crippen LogP contribution < -0.4 is 4.74 Å². The van der Waals surface area contributed by atoms with E-state index in [2.05, 4.69) is 4.90 Å². The lowest BCUT2D eigenvalue weighted by Gasteiger charge is -2.10. The van der Waals surface area contributed by atoms with Crippen molar-refractivity contribution in [1.82, 2.24) is 4.90 Å². The van der Waals surface area contributed by atoms with Gasteiger partial charge in [-0.1, -0.05) is 12.1 Å². The van der Waals surface area contributed by atoms with Gasteiger partial charge in [-0.3, -0.25) is 0 Å². The van der Waals surface area contributed by atoms with E-state index in [9.17, 15) is 0 Å². The summed E-state index contributed by atoms with van der Waals surface area (Å²) in [6.45, 7) is 2.38. The van der Waals surface area contributed by atoms with Crippen LogP contribution in [0.2, 0.25) is 0 Å². The lowest BCUT2D eigenvalue weighted by atomic mass is 10.2. The first-order valence-electron chi connectivity index (χ1n) is 5.08. The number of likely N-dealkylation sites (N-methyl/N-ethyl adjacent to an activating group) is 1. The highest BCUT2D eigenvalue weighted by molar-refractivity contribution is 5.26. The van der Waals surface area contributed by atoms with Crippen molar-refractivity contribution >= 4 is 0 Å². The third kappa shape index (κ3) is 4.81. The summed E-state index contributed by atoms with van der Waals surface area (Å²) >= 11 is 0. The maximum absolute atomic E-state index is 5.52. The molecule has 0 aromatic heterocycles. The molecule has 0 spiro atoms. The van der Waals surface area contributed by atoms with Gasteiger partial charge in [0.25, 0.3) is 0 Å². The zero-order valence-electron chi connectivity index (χ0n) is 9.69. The zero-order valence-corrected chi connectivity index (χ0v) is 9.69. The molecule has 3 heteroatoms. The van der Waals surface area contributed by atoms with Gasteiger partial charge in [-0.2, -0.15) is 0 Å². The van der Waals surface area contributed by atoms with Gasteiger partial charge < -0.3 is 14.4 Å². The van der Waals surface area contributed by atoms with E-state index in [1.54, 1.807) is 7.11 Å². The summed E-state index contributed by atoms with van der Waals surface area (Å²) in [5, 5.41) is 0.